The van der Waals surface area contributed by atoms with E-state index in [1.807, 2.05) is 20.8 Å². The van der Waals surface area contributed by atoms with Gasteiger partial charge in [-0.25, -0.2) is 4.79 Å². The number of rotatable bonds is 6. The molecule has 23 heavy (non-hydrogen) atoms. The molecule has 0 spiro atoms. The molecule has 2 aromatic rings. The van der Waals surface area contributed by atoms with E-state index in [1.54, 1.807) is 17.5 Å². The van der Waals surface area contributed by atoms with Crippen molar-refractivity contribution in [2.24, 2.45) is 0 Å². The third-order valence-corrected chi connectivity index (χ3v) is 4.16. The molecule has 0 bridgehead atoms. The number of hydrogen-bond acceptors (Lipinski definition) is 5. The highest BCUT2D eigenvalue weighted by Gasteiger charge is 2.18. The summed E-state index contributed by atoms with van der Waals surface area (Å²) in [5, 5.41) is 15.1. The molecule has 6 nitrogen and oxygen atoms in total. The van der Waals surface area contributed by atoms with Gasteiger partial charge in [-0.3, -0.25) is 10.4 Å². The minimum atomic E-state index is -0.533. The van der Waals surface area contributed by atoms with E-state index in [9.17, 15) is 4.79 Å². The van der Waals surface area contributed by atoms with Crippen LogP contribution in [0.4, 0.5) is 10.6 Å². The predicted molar refractivity (Wildman–Crippen MR) is 92.6 cm³/mol. The monoisotopic (exact) mass is 336 g/mol. The van der Waals surface area contributed by atoms with Crippen LogP contribution in [0, 0.1) is 0 Å². The summed E-state index contributed by atoms with van der Waals surface area (Å²) < 4.78 is 5.26. The number of ether oxygens (including phenoxy) is 1. The third-order valence-electron chi connectivity index (χ3n) is 3.18. The molecule has 2 heterocycles. The van der Waals surface area contributed by atoms with Crippen LogP contribution in [0.1, 0.15) is 50.6 Å². The van der Waals surface area contributed by atoms with Crippen LogP contribution in [0.15, 0.2) is 23.7 Å². The summed E-state index contributed by atoms with van der Waals surface area (Å²) in [6.07, 6.45) is 2.21. The van der Waals surface area contributed by atoms with Crippen LogP contribution in [0.25, 0.3) is 0 Å². The van der Waals surface area contributed by atoms with E-state index in [0.29, 0.717) is 18.4 Å². The molecule has 3 N–H and O–H groups in total. The molecular weight excluding hydrogens is 312 g/mol. The van der Waals surface area contributed by atoms with E-state index in [-0.39, 0.29) is 0 Å². The van der Waals surface area contributed by atoms with Crippen molar-refractivity contribution in [1.82, 2.24) is 15.5 Å². The summed E-state index contributed by atoms with van der Waals surface area (Å²) in [6.45, 7) is 8.24. The largest absolute Gasteiger partial charge is 0.444 e. The Labute approximate surface area is 140 Å². The molecule has 0 saturated heterocycles. The van der Waals surface area contributed by atoms with E-state index in [4.69, 9.17) is 4.74 Å². The number of nitrogens with one attached hydrogen (secondary N) is 3. The van der Waals surface area contributed by atoms with Gasteiger partial charge in [-0.2, -0.15) is 5.10 Å². The van der Waals surface area contributed by atoms with Crippen LogP contribution >= 0.6 is 11.3 Å². The highest BCUT2D eigenvalue weighted by atomic mass is 32.1. The number of aromatic amines is 1. The molecule has 0 radical (unpaired) electrons. The molecule has 0 aromatic carbocycles. The minimum absolute atomic E-state index is 0.291. The van der Waals surface area contributed by atoms with Crippen LogP contribution in [0.5, 0.6) is 0 Å². The van der Waals surface area contributed by atoms with Gasteiger partial charge in [-0.15, -0.1) is 11.3 Å². The van der Waals surface area contributed by atoms with Crippen LogP contribution in [0.3, 0.4) is 0 Å². The standard InChI is InChI=1S/C16H24N4O2S/c1-5-12(13-7-6-8-23-13)17-9-11-10-18-20-14(11)19-15(21)22-16(2,3)4/h6-8,10,12,17H,5,9H2,1-4H3,(H2,18,19,20,21). The second-order valence-corrected chi connectivity index (χ2v) is 7.23. The molecule has 1 unspecified atom stereocenters. The fraction of sp³-hybridized carbons (Fsp3) is 0.500. The summed E-state index contributed by atoms with van der Waals surface area (Å²) >= 11 is 1.74. The lowest BCUT2D eigenvalue weighted by Crippen LogP contribution is -2.28. The van der Waals surface area contributed by atoms with Crippen molar-refractivity contribution in [3.05, 3.63) is 34.2 Å². The molecule has 0 fully saturated rings. The van der Waals surface area contributed by atoms with Crippen LogP contribution in [0.2, 0.25) is 0 Å². The Bertz CT molecular complexity index is 616. The number of amides is 1. The van der Waals surface area contributed by atoms with Crippen molar-refractivity contribution in [2.75, 3.05) is 5.32 Å². The summed E-state index contributed by atoms with van der Waals surface area (Å²) in [5.74, 6) is 0.563. The van der Waals surface area contributed by atoms with E-state index in [2.05, 4.69) is 45.3 Å². The Balaban J connectivity index is 1.94. The lowest BCUT2D eigenvalue weighted by atomic mass is 10.2. The molecule has 0 aliphatic rings. The average molecular weight is 336 g/mol. The van der Waals surface area contributed by atoms with Crippen molar-refractivity contribution in [3.63, 3.8) is 0 Å². The summed E-state index contributed by atoms with van der Waals surface area (Å²) in [6, 6.07) is 4.47. The molecular formula is C16H24N4O2S. The maximum absolute atomic E-state index is 11.9. The Morgan fingerprint density at radius 3 is 2.87 bits per heavy atom. The number of hydrogen-bond donors (Lipinski definition) is 3. The topological polar surface area (TPSA) is 79.0 Å². The van der Waals surface area contributed by atoms with Crippen molar-refractivity contribution < 1.29 is 9.53 Å². The second kappa shape index (κ2) is 7.61. The fourth-order valence-electron chi connectivity index (χ4n) is 2.13. The van der Waals surface area contributed by atoms with Gasteiger partial charge in [0, 0.05) is 23.0 Å². The molecule has 7 heteroatoms. The molecule has 2 rings (SSSR count). The number of nitrogens with zero attached hydrogens (tertiary/aromatic N) is 1. The Morgan fingerprint density at radius 2 is 2.26 bits per heavy atom. The maximum atomic E-state index is 11.9. The number of thiophene rings is 1. The second-order valence-electron chi connectivity index (χ2n) is 6.25. The number of carbonyl (C=O) groups excluding carboxylic acids is 1. The molecule has 1 atom stereocenters. The number of anilines is 1. The van der Waals surface area contributed by atoms with Crippen LogP contribution in [-0.2, 0) is 11.3 Å². The zero-order valence-electron chi connectivity index (χ0n) is 14.0. The minimum Gasteiger partial charge on any atom is -0.444 e. The molecule has 0 aliphatic carbocycles. The smallest absolute Gasteiger partial charge is 0.413 e. The molecule has 0 saturated carbocycles. The van der Waals surface area contributed by atoms with Crippen molar-refractivity contribution in [1.29, 1.82) is 0 Å². The first-order valence-electron chi connectivity index (χ1n) is 7.68. The quantitative estimate of drug-likeness (QED) is 0.743. The third kappa shape index (κ3) is 5.37. The van der Waals surface area contributed by atoms with Gasteiger partial charge < -0.3 is 10.1 Å². The zero-order valence-corrected chi connectivity index (χ0v) is 14.8. The lowest BCUT2D eigenvalue weighted by Gasteiger charge is -2.20. The summed E-state index contributed by atoms with van der Waals surface area (Å²) in [7, 11) is 0. The van der Waals surface area contributed by atoms with Gasteiger partial charge in [0.2, 0.25) is 0 Å². The van der Waals surface area contributed by atoms with Crippen molar-refractivity contribution >= 4 is 23.2 Å². The number of carbonyl (C=O) groups is 1. The molecule has 2 aromatic heterocycles. The highest BCUT2D eigenvalue weighted by Crippen LogP contribution is 2.23. The highest BCUT2D eigenvalue weighted by molar-refractivity contribution is 7.10. The summed E-state index contributed by atoms with van der Waals surface area (Å²) in [4.78, 5) is 13.2. The number of aromatic nitrogens is 2. The first kappa shape index (κ1) is 17.5. The molecule has 126 valence electrons. The molecule has 1 amide bonds. The van der Waals surface area contributed by atoms with Gasteiger partial charge in [0.1, 0.15) is 11.4 Å². The normalized spacial score (nSPS) is 12.9. The van der Waals surface area contributed by atoms with Crippen LogP contribution in [-0.4, -0.2) is 21.9 Å². The zero-order chi connectivity index (χ0) is 16.9. The Kier molecular flexibility index (Phi) is 5.79. The molecule has 0 aliphatic heterocycles. The fourth-order valence-corrected chi connectivity index (χ4v) is 3.01. The van der Waals surface area contributed by atoms with Gasteiger partial charge in [0.25, 0.3) is 0 Å². The van der Waals surface area contributed by atoms with Crippen molar-refractivity contribution in [2.45, 2.75) is 52.3 Å². The lowest BCUT2D eigenvalue weighted by molar-refractivity contribution is 0.0635. The summed E-state index contributed by atoms with van der Waals surface area (Å²) in [5.41, 5.74) is 0.362. The van der Waals surface area contributed by atoms with E-state index >= 15 is 0 Å². The van der Waals surface area contributed by atoms with Gasteiger partial charge in [0.15, 0.2) is 0 Å². The van der Waals surface area contributed by atoms with Gasteiger partial charge in [-0.05, 0) is 38.6 Å². The first-order valence-corrected chi connectivity index (χ1v) is 8.56. The SMILES string of the molecule is CCC(NCc1cn[nH]c1NC(=O)OC(C)(C)C)c1cccs1. The maximum Gasteiger partial charge on any atom is 0.413 e. The van der Waals surface area contributed by atoms with Gasteiger partial charge in [0.05, 0.1) is 6.20 Å². The van der Waals surface area contributed by atoms with E-state index in [1.165, 1.54) is 4.88 Å². The predicted octanol–water partition coefficient (Wildman–Crippen LogP) is 4.06. The number of H-pyrrole nitrogens is 1. The van der Waals surface area contributed by atoms with E-state index in [0.717, 1.165) is 12.0 Å². The van der Waals surface area contributed by atoms with E-state index < -0.39 is 11.7 Å². The van der Waals surface area contributed by atoms with Crippen molar-refractivity contribution in [3.8, 4) is 0 Å². The first-order chi connectivity index (χ1) is 10.9. The Morgan fingerprint density at radius 1 is 1.48 bits per heavy atom. The van der Waals surface area contributed by atoms with Gasteiger partial charge >= 0.3 is 6.09 Å². The van der Waals surface area contributed by atoms with Crippen LogP contribution < -0.4 is 10.6 Å². The average Bonchev–Trinajstić information content (AvgIpc) is 3.09. The Hall–Kier alpha value is -1.86. The van der Waals surface area contributed by atoms with Gasteiger partial charge in [-0.1, -0.05) is 13.0 Å².